The molecule has 1 aromatic carbocycles. The summed E-state index contributed by atoms with van der Waals surface area (Å²) in [6.07, 6.45) is 1.78. The van der Waals surface area contributed by atoms with Crippen LogP contribution in [0, 0.1) is 6.92 Å². The van der Waals surface area contributed by atoms with Crippen LogP contribution in [-0.2, 0) is 4.74 Å². The molecular weight excluding hydrogens is 292 g/mol. The molecule has 1 unspecified atom stereocenters. The van der Waals surface area contributed by atoms with E-state index in [-0.39, 0.29) is 12.1 Å². The highest BCUT2D eigenvalue weighted by Gasteiger charge is 2.27. The predicted octanol–water partition coefficient (Wildman–Crippen LogP) is 3.82. The summed E-state index contributed by atoms with van der Waals surface area (Å²) >= 11 is 0. The van der Waals surface area contributed by atoms with Crippen molar-refractivity contribution < 1.29 is 14.3 Å². The smallest absolute Gasteiger partial charge is 0.410 e. The lowest BCUT2D eigenvalue weighted by Gasteiger charge is -2.35. The summed E-state index contributed by atoms with van der Waals surface area (Å²) in [4.78, 5) is 14.0. The molecule has 1 N–H and O–H groups in total. The summed E-state index contributed by atoms with van der Waals surface area (Å²) in [6, 6.07) is 6.20. The minimum Gasteiger partial charge on any atom is -0.496 e. The molecular formula is C18H28N2O3. The zero-order chi connectivity index (χ0) is 17.0. The SMILES string of the molecule is COc1cccc(NC2CCCN(C(=O)OC(C)(C)C)C2)c1C. The first-order valence-corrected chi connectivity index (χ1v) is 8.18. The Kier molecular flexibility index (Phi) is 5.39. The minimum absolute atomic E-state index is 0.224. The van der Waals surface area contributed by atoms with Crippen molar-refractivity contribution in [2.24, 2.45) is 0 Å². The Balaban J connectivity index is 2.00. The molecule has 0 aromatic heterocycles. The molecule has 128 valence electrons. The van der Waals surface area contributed by atoms with Gasteiger partial charge in [-0.15, -0.1) is 0 Å². The maximum absolute atomic E-state index is 12.2. The lowest BCUT2D eigenvalue weighted by Crippen LogP contribution is -2.47. The van der Waals surface area contributed by atoms with Crippen molar-refractivity contribution in [2.45, 2.75) is 52.2 Å². The number of nitrogens with one attached hydrogen (secondary N) is 1. The van der Waals surface area contributed by atoms with Crippen molar-refractivity contribution in [3.63, 3.8) is 0 Å². The van der Waals surface area contributed by atoms with Crippen molar-refractivity contribution in [3.8, 4) is 5.75 Å². The molecule has 1 atom stereocenters. The van der Waals surface area contributed by atoms with Crippen LogP contribution >= 0.6 is 0 Å². The number of ether oxygens (including phenoxy) is 2. The van der Waals surface area contributed by atoms with Crippen LogP contribution in [-0.4, -0.2) is 42.8 Å². The number of piperidine rings is 1. The van der Waals surface area contributed by atoms with Crippen molar-refractivity contribution in [2.75, 3.05) is 25.5 Å². The number of benzene rings is 1. The van der Waals surface area contributed by atoms with Crippen LogP contribution in [0.15, 0.2) is 18.2 Å². The number of hydrogen-bond acceptors (Lipinski definition) is 4. The molecule has 1 heterocycles. The fourth-order valence-electron chi connectivity index (χ4n) is 2.80. The number of nitrogens with zero attached hydrogens (tertiary/aromatic N) is 1. The van der Waals surface area contributed by atoms with Gasteiger partial charge in [-0.05, 0) is 52.7 Å². The first-order valence-electron chi connectivity index (χ1n) is 8.18. The molecule has 1 aromatic rings. The molecule has 2 rings (SSSR count). The van der Waals surface area contributed by atoms with E-state index in [0.717, 1.165) is 36.4 Å². The van der Waals surface area contributed by atoms with Gasteiger partial charge in [-0.2, -0.15) is 0 Å². The summed E-state index contributed by atoms with van der Waals surface area (Å²) in [5.74, 6) is 0.870. The third kappa shape index (κ3) is 4.78. The highest BCUT2D eigenvalue weighted by Crippen LogP contribution is 2.27. The Morgan fingerprint density at radius 1 is 1.35 bits per heavy atom. The Morgan fingerprint density at radius 3 is 2.74 bits per heavy atom. The molecule has 1 aliphatic heterocycles. The quantitative estimate of drug-likeness (QED) is 0.920. The summed E-state index contributed by atoms with van der Waals surface area (Å²) in [5.41, 5.74) is 1.69. The number of carbonyl (C=O) groups excluding carboxylic acids is 1. The van der Waals surface area contributed by atoms with Gasteiger partial charge in [0.15, 0.2) is 0 Å². The molecule has 5 nitrogen and oxygen atoms in total. The van der Waals surface area contributed by atoms with E-state index in [0.29, 0.717) is 6.54 Å². The van der Waals surface area contributed by atoms with Gasteiger partial charge in [-0.3, -0.25) is 0 Å². The standard InChI is InChI=1S/C18H28N2O3/c1-13-15(9-6-10-16(13)22-5)19-14-8-7-11-20(12-14)17(21)23-18(2,3)4/h6,9-10,14,19H,7-8,11-12H2,1-5H3. The molecule has 1 amide bonds. The van der Waals surface area contributed by atoms with E-state index in [4.69, 9.17) is 9.47 Å². The number of rotatable bonds is 3. The van der Waals surface area contributed by atoms with Crippen LogP contribution in [0.25, 0.3) is 0 Å². The van der Waals surface area contributed by atoms with Gasteiger partial charge in [0.25, 0.3) is 0 Å². The maximum Gasteiger partial charge on any atom is 0.410 e. The molecule has 5 heteroatoms. The number of amides is 1. The third-order valence-corrected chi connectivity index (χ3v) is 3.94. The Hall–Kier alpha value is -1.91. The Bertz CT molecular complexity index is 552. The second-order valence-corrected chi connectivity index (χ2v) is 7.04. The number of carbonyl (C=O) groups is 1. The van der Waals surface area contributed by atoms with Gasteiger partial charge in [0.2, 0.25) is 0 Å². The third-order valence-electron chi connectivity index (χ3n) is 3.94. The lowest BCUT2D eigenvalue weighted by molar-refractivity contribution is 0.0206. The van der Waals surface area contributed by atoms with E-state index in [1.54, 1.807) is 12.0 Å². The molecule has 23 heavy (non-hydrogen) atoms. The summed E-state index contributed by atoms with van der Waals surface area (Å²) in [6.45, 7) is 9.13. The van der Waals surface area contributed by atoms with Gasteiger partial charge in [0, 0.05) is 30.4 Å². The van der Waals surface area contributed by atoms with Crippen LogP contribution in [0.4, 0.5) is 10.5 Å². The number of likely N-dealkylation sites (tertiary alicyclic amines) is 1. The first-order chi connectivity index (χ1) is 10.8. The van der Waals surface area contributed by atoms with E-state index < -0.39 is 5.60 Å². The van der Waals surface area contributed by atoms with Gasteiger partial charge >= 0.3 is 6.09 Å². The largest absolute Gasteiger partial charge is 0.496 e. The second-order valence-electron chi connectivity index (χ2n) is 7.04. The highest BCUT2D eigenvalue weighted by atomic mass is 16.6. The number of anilines is 1. The molecule has 0 radical (unpaired) electrons. The zero-order valence-electron chi connectivity index (χ0n) is 14.8. The molecule has 1 saturated heterocycles. The zero-order valence-corrected chi connectivity index (χ0v) is 14.8. The fraction of sp³-hybridized carbons (Fsp3) is 0.611. The normalized spacial score (nSPS) is 18.5. The van der Waals surface area contributed by atoms with E-state index in [1.165, 1.54) is 0 Å². The van der Waals surface area contributed by atoms with Gasteiger partial charge in [-0.25, -0.2) is 4.79 Å². The lowest BCUT2D eigenvalue weighted by atomic mass is 10.0. The monoisotopic (exact) mass is 320 g/mol. The summed E-state index contributed by atoms with van der Waals surface area (Å²) in [5, 5.41) is 3.54. The molecule has 0 aliphatic carbocycles. The van der Waals surface area contributed by atoms with Crippen molar-refractivity contribution in [1.82, 2.24) is 4.90 Å². The van der Waals surface area contributed by atoms with Crippen molar-refractivity contribution in [1.29, 1.82) is 0 Å². The molecule has 0 spiro atoms. The predicted molar refractivity (Wildman–Crippen MR) is 92.2 cm³/mol. The van der Waals surface area contributed by atoms with E-state index in [2.05, 4.69) is 5.32 Å². The van der Waals surface area contributed by atoms with Crippen LogP contribution in [0.5, 0.6) is 5.75 Å². The van der Waals surface area contributed by atoms with Crippen molar-refractivity contribution in [3.05, 3.63) is 23.8 Å². The molecule has 1 fully saturated rings. The van der Waals surface area contributed by atoms with Crippen LogP contribution < -0.4 is 10.1 Å². The second kappa shape index (κ2) is 7.11. The van der Waals surface area contributed by atoms with E-state index in [1.807, 2.05) is 45.9 Å². The molecule has 1 aliphatic rings. The van der Waals surface area contributed by atoms with E-state index in [9.17, 15) is 4.79 Å². The average Bonchev–Trinajstić information content (AvgIpc) is 2.48. The number of methoxy groups -OCH3 is 1. The topological polar surface area (TPSA) is 50.8 Å². The first kappa shape index (κ1) is 17.4. The molecule has 0 saturated carbocycles. The van der Waals surface area contributed by atoms with Crippen LogP contribution in [0.1, 0.15) is 39.2 Å². The average molecular weight is 320 g/mol. The summed E-state index contributed by atoms with van der Waals surface area (Å²) in [7, 11) is 1.68. The van der Waals surface area contributed by atoms with Gasteiger partial charge < -0.3 is 19.7 Å². The van der Waals surface area contributed by atoms with Crippen LogP contribution in [0.3, 0.4) is 0 Å². The van der Waals surface area contributed by atoms with E-state index >= 15 is 0 Å². The van der Waals surface area contributed by atoms with Gasteiger partial charge in [0.05, 0.1) is 7.11 Å². The maximum atomic E-state index is 12.2. The van der Waals surface area contributed by atoms with Gasteiger partial charge in [0.1, 0.15) is 11.4 Å². The van der Waals surface area contributed by atoms with Gasteiger partial charge in [-0.1, -0.05) is 6.07 Å². The fourth-order valence-corrected chi connectivity index (χ4v) is 2.80. The molecule has 0 bridgehead atoms. The Morgan fingerprint density at radius 2 is 2.09 bits per heavy atom. The van der Waals surface area contributed by atoms with Crippen molar-refractivity contribution >= 4 is 11.8 Å². The highest BCUT2D eigenvalue weighted by molar-refractivity contribution is 5.68. The minimum atomic E-state index is -0.457. The Labute approximate surface area is 139 Å². The number of hydrogen-bond donors (Lipinski definition) is 1. The van der Waals surface area contributed by atoms with Crippen LogP contribution in [0.2, 0.25) is 0 Å². The summed E-state index contributed by atoms with van der Waals surface area (Å²) < 4.78 is 10.8.